The first-order valence-electron chi connectivity index (χ1n) is 9.79. The smallest absolute Gasteiger partial charge is 0.236 e. The van der Waals surface area contributed by atoms with Gasteiger partial charge in [-0.1, -0.05) is 48.5 Å². The van der Waals surface area contributed by atoms with Gasteiger partial charge in [-0.2, -0.15) is 5.10 Å². The zero-order valence-corrected chi connectivity index (χ0v) is 16.2. The number of nitrogens with zero attached hydrogens (tertiary/aromatic N) is 4. The Balaban J connectivity index is 1.30. The fourth-order valence-electron chi connectivity index (χ4n) is 3.81. The zero-order chi connectivity index (χ0) is 19.3. The van der Waals surface area contributed by atoms with Crippen LogP contribution < -0.4 is 0 Å². The molecule has 2 aromatic carbocycles. The predicted molar refractivity (Wildman–Crippen MR) is 110 cm³/mol. The van der Waals surface area contributed by atoms with Crippen LogP contribution in [0.4, 0.5) is 0 Å². The van der Waals surface area contributed by atoms with Crippen molar-refractivity contribution in [3.05, 3.63) is 84.2 Å². The topological polar surface area (TPSA) is 41.4 Å². The van der Waals surface area contributed by atoms with Gasteiger partial charge in [0.2, 0.25) is 5.91 Å². The monoisotopic (exact) mass is 374 g/mol. The van der Waals surface area contributed by atoms with Crippen molar-refractivity contribution in [1.29, 1.82) is 0 Å². The van der Waals surface area contributed by atoms with Gasteiger partial charge < -0.3 is 4.90 Å². The van der Waals surface area contributed by atoms with Gasteiger partial charge in [-0.05, 0) is 36.6 Å². The number of para-hydroxylation sites is 1. The minimum absolute atomic E-state index is 0.154. The molecule has 144 valence electrons. The summed E-state index contributed by atoms with van der Waals surface area (Å²) in [6.07, 6.45) is 4.93. The maximum absolute atomic E-state index is 12.7. The van der Waals surface area contributed by atoms with Crippen LogP contribution in [0.3, 0.4) is 0 Å². The Morgan fingerprint density at radius 3 is 2.57 bits per heavy atom. The van der Waals surface area contributed by atoms with Gasteiger partial charge in [0.15, 0.2) is 0 Å². The number of hydrogen-bond donors (Lipinski definition) is 0. The van der Waals surface area contributed by atoms with E-state index in [9.17, 15) is 4.79 Å². The van der Waals surface area contributed by atoms with E-state index >= 15 is 0 Å². The molecule has 0 aliphatic carbocycles. The molecular formula is C23H26N4O. The average molecular weight is 374 g/mol. The van der Waals surface area contributed by atoms with Crippen LogP contribution in [0, 0.1) is 0 Å². The summed E-state index contributed by atoms with van der Waals surface area (Å²) < 4.78 is 1.85. The molecule has 28 heavy (non-hydrogen) atoms. The molecule has 1 fully saturated rings. The van der Waals surface area contributed by atoms with E-state index in [1.54, 1.807) is 4.90 Å². The number of carbonyl (C=O) groups excluding carboxylic acids is 1. The molecule has 0 saturated carbocycles. The number of aromatic nitrogens is 2. The van der Waals surface area contributed by atoms with Crippen LogP contribution in [0.15, 0.2) is 73.1 Å². The molecule has 0 bridgehead atoms. The Kier molecular flexibility index (Phi) is 5.53. The van der Waals surface area contributed by atoms with Gasteiger partial charge in [0.1, 0.15) is 0 Å². The summed E-state index contributed by atoms with van der Waals surface area (Å²) in [5.74, 6) is 0.685. The highest BCUT2D eigenvalue weighted by atomic mass is 16.2. The van der Waals surface area contributed by atoms with E-state index in [-0.39, 0.29) is 5.91 Å². The van der Waals surface area contributed by atoms with Gasteiger partial charge in [0, 0.05) is 31.9 Å². The first-order chi connectivity index (χ1) is 13.7. The molecule has 1 unspecified atom stereocenters. The summed E-state index contributed by atoms with van der Waals surface area (Å²) in [4.78, 5) is 16.7. The van der Waals surface area contributed by atoms with Crippen molar-refractivity contribution >= 4 is 5.91 Å². The normalized spacial score (nSPS) is 17.0. The lowest BCUT2D eigenvalue weighted by Gasteiger charge is -2.21. The maximum Gasteiger partial charge on any atom is 0.236 e. The Bertz CT molecular complexity index is 907. The fourth-order valence-corrected chi connectivity index (χ4v) is 3.81. The lowest BCUT2D eigenvalue weighted by Crippen LogP contribution is -2.37. The number of benzene rings is 2. The third-order valence-electron chi connectivity index (χ3n) is 5.40. The standard InChI is InChI=1S/C23H26N4O/c1-25(15-19-14-24-27(16-19)22-10-6-3-7-11-22)23(28)18-26-13-12-21(17-26)20-8-4-2-5-9-20/h2-11,14,16,21H,12-13,15,17-18H2,1H3. The van der Waals surface area contributed by atoms with Gasteiger partial charge in [0.25, 0.3) is 0 Å². The van der Waals surface area contributed by atoms with E-state index in [1.807, 2.05) is 54.5 Å². The van der Waals surface area contributed by atoms with Crippen molar-refractivity contribution in [2.75, 3.05) is 26.7 Å². The number of likely N-dealkylation sites (N-methyl/N-ethyl adjacent to an activating group) is 1. The second kappa shape index (κ2) is 8.40. The Morgan fingerprint density at radius 2 is 1.82 bits per heavy atom. The second-order valence-electron chi connectivity index (χ2n) is 7.51. The van der Waals surface area contributed by atoms with Crippen molar-refractivity contribution < 1.29 is 4.79 Å². The highest BCUT2D eigenvalue weighted by Crippen LogP contribution is 2.26. The molecule has 1 aromatic heterocycles. The largest absolute Gasteiger partial charge is 0.340 e. The Hall–Kier alpha value is -2.92. The number of hydrogen-bond acceptors (Lipinski definition) is 3. The van der Waals surface area contributed by atoms with Crippen LogP contribution in [0.2, 0.25) is 0 Å². The molecule has 0 spiro atoms. The Labute approximate surface area is 166 Å². The third kappa shape index (κ3) is 4.31. The van der Waals surface area contributed by atoms with E-state index in [0.717, 1.165) is 30.8 Å². The molecule has 3 aromatic rings. The molecule has 2 heterocycles. The summed E-state index contributed by atoms with van der Waals surface area (Å²) in [6, 6.07) is 20.6. The van der Waals surface area contributed by atoms with Crippen LogP contribution >= 0.6 is 0 Å². The van der Waals surface area contributed by atoms with Crippen molar-refractivity contribution in [3.63, 3.8) is 0 Å². The molecule has 4 rings (SSSR count). The number of likely N-dealkylation sites (tertiary alicyclic amines) is 1. The summed E-state index contributed by atoms with van der Waals surface area (Å²) in [5.41, 5.74) is 3.43. The van der Waals surface area contributed by atoms with E-state index in [0.29, 0.717) is 19.0 Å². The van der Waals surface area contributed by atoms with E-state index < -0.39 is 0 Å². The van der Waals surface area contributed by atoms with Gasteiger partial charge in [0.05, 0.1) is 18.4 Å². The van der Waals surface area contributed by atoms with E-state index in [4.69, 9.17) is 0 Å². The van der Waals surface area contributed by atoms with E-state index in [2.05, 4.69) is 40.3 Å². The van der Waals surface area contributed by atoms with Crippen LogP contribution in [0.25, 0.3) is 5.69 Å². The summed E-state index contributed by atoms with van der Waals surface area (Å²) in [7, 11) is 1.87. The molecule has 0 radical (unpaired) electrons. The highest BCUT2D eigenvalue weighted by molar-refractivity contribution is 5.78. The second-order valence-corrected chi connectivity index (χ2v) is 7.51. The summed E-state index contributed by atoms with van der Waals surface area (Å²) in [5, 5.41) is 4.41. The zero-order valence-electron chi connectivity index (χ0n) is 16.2. The molecule has 1 atom stereocenters. The van der Waals surface area contributed by atoms with Crippen molar-refractivity contribution in [2.45, 2.75) is 18.9 Å². The predicted octanol–water partition coefficient (Wildman–Crippen LogP) is 3.32. The third-order valence-corrected chi connectivity index (χ3v) is 5.40. The van der Waals surface area contributed by atoms with Crippen LogP contribution in [0.5, 0.6) is 0 Å². The van der Waals surface area contributed by atoms with Gasteiger partial charge in [-0.3, -0.25) is 9.69 Å². The van der Waals surface area contributed by atoms with E-state index in [1.165, 1.54) is 5.56 Å². The molecule has 1 amide bonds. The average Bonchev–Trinajstić information content (AvgIpc) is 3.39. The first kappa shape index (κ1) is 18.4. The van der Waals surface area contributed by atoms with Crippen molar-refractivity contribution in [3.8, 4) is 5.69 Å². The maximum atomic E-state index is 12.7. The molecular weight excluding hydrogens is 348 g/mol. The molecule has 1 aliphatic heterocycles. The lowest BCUT2D eigenvalue weighted by atomic mass is 9.99. The number of rotatable bonds is 6. The highest BCUT2D eigenvalue weighted by Gasteiger charge is 2.26. The van der Waals surface area contributed by atoms with Gasteiger partial charge in [-0.25, -0.2) is 4.68 Å². The minimum atomic E-state index is 0.154. The quantitative estimate of drug-likeness (QED) is 0.665. The van der Waals surface area contributed by atoms with Crippen LogP contribution in [-0.2, 0) is 11.3 Å². The Morgan fingerprint density at radius 1 is 1.11 bits per heavy atom. The van der Waals surface area contributed by atoms with Crippen molar-refractivity contribution in [1.82, 2.24) is 19.6 Å². The number of amides is 1. The molecule has 0 N–H and O–H groups in total. The first-order valence-corrected chi connectivity index (χ1v) is 9.79. The summed E-state index contributed by atoms with van der Waals surface area (Å²) in [6.45, 7) is 2.98. The molecule has 5 nitrogen and oxygen atoms in total. The molecule has 5 heteroatoms. The van der Waals surface area contributed by atoms with Crippen molar-refractivity contribution in [2.24, 2.45) is 0 Å². The fraction of sp³-hybridized carbons (Fsp3) is 0.304. The van der Waals surface area contributed by atoms with Crippen LogP contribution in [0.1, 0.15) is 23.5 Å². The summed E-state index contributed by atoms with van der Waals surface area (Å²) >= 11 is 0. The van der Waals surface area contributed by atoms with Gasteiger partial charge >= 0.3 is 0 Å². The SMILES string of the molecule is CN(Cc1cnn(-c2ccccc2)c1)C(=O)CN1CCC(c2ccccc2)C1. The number of carbonyl (C=O) groups is 1. The molecule has 1 aliphatic rings. The lowest BCUT2D eigenvalue weighted by molar-refractivity contribution is -0.131. The minimum Gasteiger partial charge on any atom is -0.340 e. The van der Waals surface area contributed by atoms with Gasteiger partial charge in [-0.15, -0.1) is 0 Å². The molecule has 1 saturated heterocycles. The van der Waals surface area contributed by atoms with Crippen LogP contribution in [-0.4, -0.2) is 52.2 Å².